The maximum Gasteiger partial charge on any atom is 0.165 e. The SMILES string of the molecule is c1ccc2c(c1)oc1c2cc2c3ccccc3n3c4nc5cc(-c6ccc7sc8ccccc8c7c6)ccc5nc4c1c23.c1ccc2c(c1)oc1ccc(-c3ccc4nc5c6cc7oc8ccccc8c7c7c8ccccc8n(c5nc4c3)c67)cc12. The number of benzene rings is 12. The fourth-order valence-corrected chi connectivity index (χ4v) is 15.5. The summed E-state index contributed by atoms with van der Waals surface area (Å²) in [5.41, 5.74) is 21.3. The summed E-state index contributed by atoms with van der Waals surface area (Å²) < 4.78 is 26.2. The van der Waals surface area contributed by atoms with E-state index in [-0.39, 0.29) is 0 Å². The lowest BCUT2D eigenvalue weighted by Gasteiger charge is -2.05. The summed E-state index contributed by atoms with van der Waals surface area (Å²) in [6.07, 6.45) is 0. The first kappa shape index (κ1) is 45.1. The Hall–Kier alpha value is -11.5. The van der Waals surface area contributed by atoms with Crippen LogP contribution in [-0.4, -0.2) is 28.7 Å². The van der Waals surface area contributed by atoms with Crippen molar-refractivity contribution in [3.05, 3.63) is 231 Å². The van der Waals surface area contributed by atoms with Crippen molar-refractivity contribution in [2.75, 3.05) is 0 Å². The van der Waals surface area contributed by atoms with Gasteiger partial charge < -0.3 is 13.3 Å². The normalized spacial score (nSPS) is 12.7. The first-order chi connectivity index (χ1) is 42.6. The molecule has 396 valence electrons. The highest BCUT2D eigenvalue weighted by Gasteiger charge is 2.27. The van der Waals surface area contributed by atoms with Crippen molar-refractivity contribution >= 4 is 196 Å². The zero-order valence-corrected chi connectivity index (χ0v) is 46.1. The predicted molar refractivity (Wildman–Crippen MR) is 354 cm³/mol. The van der Waals surface area contributed by atoms with Crippen LogP contribution in [0, 0.1) is 0 Å². The lowest BCUT2D eigenvalue weighted by atomic mass is 10.0. The maximum atomic E-state index is 6.54. The molecule has 0 fully saturated rings. The molecule has 0 aliphatic rings. The summed E-state index contributed by atoms with van der Waals surface area (Å²) in [5, 5.41) is 16.2. The van der Waals surface area contributed by atoms with E-state index >= 15 is 0 Å². The second-order valence-electron chi connectivity index (χ2n) is 22.8. The molecular formula is C76H38N6O3S. The molecule has 0 bridgehead atoms. The molecule has 86 heavy (non-hydrogen) atoms. The van der Waals surface area contributed by atoms with Gasteiger partial charge in [0.25, 0.3) is 0 Å². The third-order valence-corrected chi connectivity index (χ3v) is 19.4. The second-order valence-corrected chi connectivity index (χ2v) is 23.8. The Labute approximate surface area is 488 Å². The van der Waals surface area contributed by atoms with Crippen LogP contribution in [0.2, 0.25) is 0 Å². The van der Waals surface area contributed by atoms with E-state index in [0.717, 1.165) is 160 Å². The standard InChI is InChI=1S/C38H19N3O2.C38H19N3OS/c1-4-10-29-23(8-1)35-34-24-9-3-6-12-31(24)43-33(34)19-26-36-38(41(29)37(26)35)40-28-18-21(13-15-27(28)39-36)20-14-16-32-25(17-20)22-7-2-5-11-30(22)42-32;1-4-10-30-22(7-1)26-19-27-23-8-2-5-11-31(23)42-37(27)34-35-38(41(30)36(26)34)40-29-18-21(13-15-28(29)39-35)20-14-16-33-25(17-20)24-9-3-6-12-32(24)43-33/h2*1-19H. The third-order valence-electron chi connectivity index (χ3n) is 18.2. The minimum atomic E-state index is 0.859. The van der Waals surface area contributed by atoms with Crippen LogP contribution in [0.5, 0.6) is 0 Å². The molecule has 0 atom stereocenters. The summed E-state index contributed by atoms with van der Waals surface area (Å²) in [6.45, 7) is 0. The van der Waals surface area contributed by atoms with E-state index in [4.69, 9.17) is 33.2 Å². The first-order valence-electron chi connectivity index (χ1n) is 28.8. The van der Waals surface area contributed by atoms with Gasteiger partial charge in [0.15, 0.2) is 11.3 Å². The number of thiophene rings is 1. The Kier molecular flexibility index (Phi) is 8.50. The molecule has 10 heterocycles. The molecule has 10 heteroatoms. The van der Waals surface area contributed by atoms with Crippen LogP contribution < -0.4 is 0 Å². The van der Waals surface area contributed by atoms with Crippen LogP contribution in [0.3, 0.4) is 0 Å². The zero-order chi connectivity index (χ0) is 55.6. The summed E-state index contributed by atoms with van der Waals surface area (Å²) in [5.74, 6) is 0. The number of hydrogen-bond acceptors (Lipinski definition) is 8. The first-order valence-corrected chi connectivity index (χ1v) is 29.7. The number of fused-ring (bicyclic) bond motifs is 28. The molecule has 22 aromatic rings. The van der Waals surface area contributed by atoms with Gasteiger partial charge in [-0.25, -0.2) is 19.9 Å². The van der Waals surface area contributed by atoms with Crippen LogP contribution in [0.25, 0.3) is 207 Å². The quantitative estimate of drug-likeness (QED) is 0.170. The average Bonchev–Trinajstić information content (AvgIpc) is 1.57. The van der Waals surface area contributed by atoms with Gasteiger partial charge in [0.1, 0.15) is 44.5 Å². The molecule has 12 aromatic carbocycles. The highest BCUT2D eigenvalue weighted by molar-refractivity contribution is 7.25. The van der Waals surface area contributed by atoms with Gasteiger partial charge in [0.05, 0.1) is 49.5 Å². The van der Waals surface area contributed by atoms with Gasteiger partial charge in [-0.1, -0.05) is 133 Å². The van der Waals surface area contributed by atoms with Crippen LogP contribution in [0.1, 0.15) is 0 Å². The monoisotopic (exact) mass is 1110 g/mol. The van der Waals surface area contributed by atoms with Crippen LogP contribution in [0.4, 0.5) is 0 Å². The van der Waals surface area contributed by atoms with Gasteiger partial charge in [-0.3, -0.25) is 8.80 Å². The van der Waals surface area contributed by atoms with E-state index in [1.54, 1.807) is 0 Å². The van der Waals surface area contributed by atoms with Gasteiger partial charge in [-0.05, 0) is 119 Å². The summed E-state index contributed by atoms with van der Waals surface area (Å²) in [6, 6.07) is 81.0. The van der Waals surface area contributed by atoms with Crippen molar-refractivity contribution in [2.45, 2.75) is 0 Å². The molecule has 22 rings (SSSR count). The van der Waals surface area contributed by atoms with E-state index in [2.05, 4.69) is 203 Å². The molecular weight excluding hydrogens is 1080 g/mol. The minimum absolute atomic E-state index is 0.859. The smallest absolute Gasteiger partial charge is 0.165 e. The second kappa shape index (κ2) is 16.2. The molecule has 0 saturated heterocycles. The Morgan fingerprint density at radius 2 is 0.791 bits per heavy atom. The Morgan fingerprint density at radius 1 is 0.279 bits per heavy atom. The number of rotatable bonds is 2. The topological polar surface area (TPSA) is 99.8 Å². The van der Waals surface area contributed by atoms with E-state index in [0.29, 0.717) is 0 Å². The number of nitrogens with zero attached hydrogens (tertiary/aromatic N) is 6. The third kappa shape index (κ3) is 5.91. The molecule has 0 unspecified atom stereocenters. The van der Waals surface area contributed by atoms with Gasteiger partial charge in [-0.15, -0.1) is 11.3 Å². The lowest BCUT2D eigenvalue weighted by molar-refractivity contribution is 0.669. The van der Waals surface area contributed by atoms with Crippen molar-refractivity contribution in [3.63, 3.8) is 0 Å². The highest BCUT2D eigenvalue weighted by atomic mass is 32.1. The molecule has 0 radical (unpaired) electrons. The zero-order valence-electron chi connectivity index (χ0n) is 45.3. The lowest BCUT2D eigenvalue weighted by Crippen LogP contribution is -1.90. The van der Waals surface area contributed by atoms with Gasteiger partial charge in [-0.2, -0.15) is 0 Å². The fraction of sp³-hybridized carbons (Fsp3) is 0. The molecule has 0 aliphatic carbocycles. The van der Waals surface area contributed by atoms with Crippen LogP contribution in [-0.2, 0) is 0 Å². The summed E-state index contributed by atoms with van der Waals surface area (Å²) in [7, 11) is 0. The van der Waals surface area contributed by atoms with E-state index in [1.807, 2.05) is 47.7 Å². The van der Waals surface area contributed by atoms with E-state index in [9.17, 15) is 0 Å². The Balaban J connectivity index is 0.000000119. The Morgan fingerprint density at radius 3 is 1.55 bits per heavy atom. The van der Waals surface area contributed by atoms with Crippen molar-refractivity contribution in [3.8, 4) is 22.3 Å². The van der Waals surface area contributed by atoms with Crippen molar-refractivity contribution < 1.29 is 13.3 Å². The predicted octanol–water partition coefficient (Wildman–Crippen LogP) is 21.0. The van der Waals surface area contributed by atoms with Crippen molar-refractivity contribution in [1.82, 2.24) is 28.7 Å². The van der Waals surface area contributed by atoms with Gasteiger partial charge in [0, 0.05) is 79.4 Å². The number of aromatic nitrogens is 6. The van der Waals surface area contributed by atoms with Gasteiger partial charge >= 0.3 is 0 Å². The number of hydrogen-bond donors (Lipinski definition) is 0. The molecule has 0 N–H and O–H groups in total. The summed E-state index contributed by atoms with van der Waals surface area (Å²) >= 11 is 1.84. The maximum absolute atomic E-state index is 6.54. The van der Waals surface area contributed by atoms with Crippen molar-refractivity contribution in [2.24, 2.45) is 0 Å². The molecule has 0 saturated carbocycles. The van der Waals surface area contributed by atoms with Gasteiger partial charge in [0.2, 0.25) is 0 Å². The van der Waals surface area contributed by atoms with Crippen LogP contribution >= 0.6 is 11.3 Å². The molecule has 0 spiro atoms. The molecule has 10 aromatic heterocycles. The molecule has 9 nitrogen and oxygen atoms in total. The fourth-order valence-electron chi connectivity index (χ4n) is 14.4. The van der Waals surface area contributed by atoms with Crippen molar-refractivity contribution in [1.29, 1.82) is 0 Å². The molecule has 0 aliphatic heterocycles. The summed E-state index contributed by atoms with van der Waals surface area (Å²) in [4.78, 5) is 21.1. The highest BCUT2D eigenvalue weighted by Crippen LogP contribution is 2.48. The van der Waals surface area contributed by atoms with Crippen LogP contribution in [0.15, 0.2) is 244 Å². The number of para-hydroxylation sites is 5. The molecule has 0 amide bonds. The average molecular weight is 1120 g/mol. The largest absolute Gasteiger partial charge is 0.456 e. The number of furan rings is 3. The minimum Gasteiger partial charge on any atom is -0.456 e. The van der Waals surface area contributed by atoms with E-state index < -0.39 is 0 Å². The van der Waals surface area contributed by atoms with E-state index in [1.165, 1.54) is 47.3 Å². The Bertz CT molecular complexity index is 6740.